The summed E-state index contributed by atoms with van der Waals surface area (Å²) in [4.78, 5) is 208. The van der Waals surface area contributed by atoms with E-state index in [2.05, 4.69) is 71.8 Å². The van der Waals surface area contributed by atoms with E-state index in [1.807, 2.05) is 23.6 Å². The summed E-state index contributed by atoms with van der Waals surface area (Å²) in [7, 11) is 0. The van der Waals surface area contributed by atoms with Crippen molar-refractivity contribution >= 4 is 149 Å². The highest BCUT2D eigenvalue weighted by atomic mass is 27.3. The van der Waals surface area contributed by atoms with Gasteiger partial charge in [-0.1, -0.05) is 13.8 Å². The molecule has 2 fully saturated rings. The lowest BCUT2D eigenvalue weighted by molar-refractivity contribution is -0.140. The number of hydrogen-bond acceptors (Lipinski definition) is 34. The fourth-order valence-corrected chi connectivity index (χ4v) is 12.3. The molecule has 0 saturated carbocycles. The van der Waals surface area contributed by atoms with Crippen LogP contribution in [0.1, 0.15) is 97.3 Å². The molecule has 52 heteroatoms. The number of nitrogens with zero attached hydrogens (tertiary/aromatic N) is 12. The van der Waals surface area contributed by atoms with Crippen molar-refractivity contribution in [2.24, 2.45) is 0 Å². The van der Waals surface area contributed by atoms with Crippen LogP contribution in [-0.2, 0) is 80.0 Å². The van der Waals surface area contributed by atoms with E-state index >= 15 is 0 Å². The van der Waals surface area contributed by atoms with Crippen molar-refractivity contribution in [3.05, 3.63) is 104 Å². The Morgan fingerprint density at radius 3 is 1.01 bits per heavy atom. The van der Waals surface area contributed by atoms with Crippen molar-refractivity contribution in [2.75, 3.05) is 206 Å². The van der Waals surface area contributed by atoms with Crippen LogP contribution in [0.15, 0.2) is 70.5 Å². The summed E-state index contributed by atoms with van der Waals surface area (Å²) in [6.07, 6.45) is 3.79. The van der Waals surface area contributed by atoms with Crippen LogP contribution in [-0.4, -0.2) is 399 Å². The number of fused-ring (bicyclic) bond motifs is 2. The number of carbonyl (C=O) groups excluding carboxylic acids is 6. The third-order valence-corrected chi connectivity index (χ3v) is 18.8. The minimum Gasteiger partial charge on any atom is -0.480 e. The number of nitrogens with one attached hydrogen (secondary N) is 8. The summed E-state index contributed by atoms with van der Waals surface area (Å²) in [5.74, 6) is -8.64. The SMILES string of the molecule is CC.Nc1nc2ncc(CNc3ccc(C(=O)N[C@@H](CCC(=O)CCCOCCOCCNC(=O)CN4CCN(CC(=O)O)CCN(CC(=O)O)CC4)C(=O)O)cc3)nc2c(=O)[nH]1.Nc1nc2ncc(CNc3ccc(C(=O)N[C@@H](CCC(=O)CCCOCCOCCNC(=O)CN4CCN(CC(=O)O)CCN(CC(=O)O)CC4)C(=O)O)cc3)nc2c(=O)[nH]1.[18F][AlH2].[18F][Al]([18F])[18F]. The summed E-state index contributed by atoms with van der Waals surface area (Å²) in [5, 5.41) is 72.8. The maximum Gasteiger partial charge on any atom is 1.04 e. The van der Waals surface area contributed by atoms with Gasteiger partial charge in [-0.15, -0.1) is 0 Å². The Labute approximate surface area is 757 Å². The van der Waals surface area contributed by atoms with Gasteiger partial charge in [-0.25, -0.2) is 29.5 Å². The molecule has 4 aromatic heterocycles. The topological polar surface area (TPSA) is 650 Å². The molecule has 2 saturated heterocycles. The number of rotatable bonds is 50. The number of hydrogen-bond donors (Lipinski definition) is 16. The molecule has 0 radical (unpaired) electrons. The lowest BCUT2D eigenvalue weighted by Crippen LogP contribution is -2.43. The molecule has 0 unspecified atom stereocenters. The molecule has 2 aromatic carbocycles. The second-order valence-corrected chi connectivity index (χ2v) is 29.0. The minimum atomic E-state index is -4.64. The van der Waals surface area contributed by atoms with Crippen LogP contribution in [0.5, 0.6) is 0 Å². The van der Waals surface area contributed by atoms with Gasteiger partial charge in [0.2, 0.25) is 23.7 Å². The maximum atomic E-state index is 12.8. The molecule has 130 heavy (non-hydrogen) atoms. The second kappa shape index (κ2) is 62.7. The molecule has 714 valence electrons. The molecular formula is C78H114Al2F4N22O24. The number of carbonyl (C=O) groups is 12. The molecule has 46 nitrogen and oxygen atoms in total. The van der Waals surface area contributed by atoms with Crippen molar-refractivity contribution < 1.29 is 121 Å². The third kappa shape index (κ3) is 46.7. The molecule has 0 spiro atoms. The van der Waals surface area contributed by atoms with Gasteiger partial charge in [0.1, 0.15) is 23.7 Å². The number of aromatic nitrogens is 8. The highest BCUT2D eigenvalue weighted by molar-refractivity contribution is 6.33. The molecule has 0 bridgehead atoms. The number of anilines is 4. The average Bonchev–Trinajstić information content (AvgIpc) is 0.852. The van der Waals surface area contributed by atoms with Gasteiger partial charge in [-0.05, 0) is 74.2 Å². The number of carboxylic acids is 6. The summed E-state index contributed by atoms with van der Waals surface area (Å²) in [6.45, 7) is 11.6. The number of halogens is 4. The fourth-order valence-electron chi connectivity index (χ4n) is 12.3. The van der Waals surface area contributed by atoms with E-state index in [0.29, 0.717) is 114 Å². The van der Waals surface area contributed by atoms with Crippen molar-refractivity contribution in [2.45, 2.75) is 90.4 Å². The number of carboxylic acid groups (broad SMARTS) is 6. The summed E-state index contributed by atoms with van der Waals surface area (Å²) >= 11 is -4.83. The third-order valence-electron chi connectivity index (χ3n) is 18.8. The zero-order valence-electron chi connectivity index (χ0n) is 72.4. The highest BCUT2D eigenvalue weighted by Crippen LogP contribution is 2.17. The van der Waals surface area contributed by atoms with Gasteiger partial charge in [0.15, 0.2) is 22.3 Å². The largest absolute Gasteiger partial charge is 1.04 e. The number of ketones is 2. The smallest absolute Gasteiger partial charge is 0.480 e. The van der Waals surface area contributed by atoms with Gasteiger partial charge in [-0.2, -0.15) is 9.97 Å². The Morgan fingerprint density at radius 1 is 0.438 bits per heavy atom. The number of aromatic amines is 2. The molecule has 4 amide bonds. The first kappa shape index (κ1) is 111. The van der Waals surface area contributed by atoms with Gasteiger partial charge < -0.3 is 107 Å². The van der Waals surface area contributed by atoms with Crippen molar-refractivity contribution in [1.82, 2.24) is 90.5 Å². The van der Waals surface area contributed by atoms with E-state index < -0.39 is 86.4 Å². The molecule has 6 aromatic rings. The van der Waals surface area contributed by atoms with Gasteiger partial charge in [0, 0.05) is 153 Å². The first-order valence-corrected chi connectivity index (χ1v) is 43.5. The number of H-pyrrole nitrogens is 2. The fraction of sp³-hybridized carbons (Fsp3) is 0.538. The molecule has 2 aliphatic rings. The first-order chi connectivity index (χ1) is 62.2. The van der Waals surface area contributed by atoms with Crippen molar-refractivity contribution in [3.8, 4) is 0 Å². The molecule has 18 N–H and O–H groups in total. The zero-order chi connectivity index (χ0) is 95.9. The second-order valence-electron chi connectivity index (χ2n) is 28.6. The Balaban J connectivity index is 0.000000504. The van der Waals surface area contributed by atoms with E-state index in [1.165, 1.54) is 36.7 Å². The van der Waals surface area contributed by atoms with E-state index in [9.17, 15) is 112 Å². The van der Waals surface area contributed by atoms with Gasteiger partial charge in [0.05, 0.1) is 116 Å². The number of nitrogens with two attached hydrogens (primary N) is 2. The monoisotopic (exact) mass is 1870 g/mol. The molecule has 6 heterocycles. The number of nitrogen functional groups attached to an aromatic ring is 2. The van der Waals surface area contributed by atoms with Gasteiger partial charge >= 0.3 is 68.1 Å². The van der Waals surface area contributed by atoms with Crippen LogP contribution >= 0.6 is 0 Å². The molecule has 0 aliphatic carbocycles. The minimum absolute atomic E-state index is 0.0432. The van der Waals surface area contributed by atoms with Crippen LogP contribution in [0.2, 0.25) is 0 Å². The Bertz CT molecular complexity index is 4360. The van der Waals surface area contributed by atoms with Gasteiger partial charge in [0.25, 0.3) is 22.9 Å². The van der Waals surface area contributed by atoms with Crippen LogP contribution in [0, 0.1) is 0 Å². The molecule has 8 rings (SSSR count). The van der Waals surface area contributed by atoms with Crippen LogP contribution in [0.25, 0.3) is 22.3 Å². The van der Waals surface area contributed by atoms with E-state index in [4.69, 9.17) is 30.4 Å². The standard InChI is InChI=1S/2C38H53N11O12.C2H6.2Al.4FH.2H/c2*39-38-45-34-33(36(57)46-38)43-27(21-42-34)20-41-26-5-3-25(4-6-26)35(56)44-29(37(58)59)8-7-28(50)2-1-16-60-18-19-61-17-9-40-30(51)22-47-10-12-48(23-31(52)53)14-15-49(13-11-47)24-32(54)55;1-2;;;;;;;;/h2*3-6,21,29,41H,1-2,7-20,22-24H2,(H,40,51)(H,44,56)(H,52,53)(H,54,55)(H,58,59)(H3,39,42,45,46,57);1-2H3;;;4*1H;;/q;;;+1;+3;;;;;;/p-4/t2*29-;;;;;;;;;/m00........./s1/i;;;;;4*1-1;;. The van der Waals surface area contributed by atoms with Crippen molar-refractivity contribution in [1.29, 1.82) is 0 Å². The van der Waals surface area contributed by atoms with Crippen LogP contribution in [0.4, 0.5) is 37.4 Å². The lowest BCUT2D eigenvalue weighted by Gasteiger charge is -2.24. The van der Waals surface area contributed by atoms with Crippen LogP contribution < -0.4 is 54.5 Å². The quantitative estimate of drug-likeness (QED) is 0.0115. The lowest BCUT2D eigenvalue weighted by atomic mass is 10.1. The normalized spacial score (nSPS) is 14.0. The number of Topliss-reactive ketones (excluding diaryl/α,β-unsaturated/α-hetero) is 2. The Kier molecular flexibility index (Phi) is 53.4. The summed E-state index contributed by atoms with van der Waals surface area (Å²) in [6, 6.07) is 9.99. The number of ether oxygens (including phenoxy) is 4. The average molecular weight is 1870 g/mol. The molecular weight excluding hydrogens is 1750 g/mol. The van der Waals surface area contributed by atoms with Crippen molar-refractivity contribution in [3.63, 3.8) is 0 Å². The first-order valence-electron chi connectivity index (χ1n) is 41.4. The number of benzene rings is 2. The predicted octanol–water partition coefficient (Wildman–Crippen LogP) is -1.67. The zero-order valence-corrected chi connectivity index (χ0v) is 75.6. The molecule has 2 aliphatic heterocycles. The summed E-state index contributed by atoms with van der Waals surface area (Å²) in [5.41, 5.74) is 13.0. The summed E-state index contributed by atoms with van der Waals surface area (Å²) < 4.78 is 61.1. The van der Waals surface area contributed by atoms with Gasteiger partial charge in [-0.3, -0.25) is 96.9 Å². The number of amides is 4. The maximum absolute atomic E-state index is 12.8. The van der Waals surface area contributed by atoms with E-state index in [-0.39, 0.29) is 242 Å². The van der Waals surface area contributed by atoms with Crippen LogP contribution in [0.3, 0.4) is 0 Å². The predicted molar refractivity (Wildman–Crippen MR) is 466 cm³/mol. The van der Waals surface area contributed by atoms with E-state index in [0.717, 1.165) is 0 Å². The number of aliphatic carboxylic acids is 6. The Hall–Kier alpha value is -11.5. The highest BCUT2D eigenvalue weighted by Gasteiger charge is 2.27. The Morgan fingerprint density at radius 2 is 0.723 bits per heavy atom. The van der Waals surface area contributed by atoms with E-state index in [1.54, 1.807) is 43.9 Å². The molecule has 2 atom stereocenters.